The minimum Gasteiger partial charge on any atom is -0.407 e. The molecule has 1 aromatic heterocycles. The van der Waals surface area contributed by atoms with E-state index in [0.717, 1.165) is 31.4 Å². The Labute approximate surface area is 111 Å². The highest BCUT2D eigenvalue weighted by molar-refractivity contribution is 5.50. The van der Waals surface area contributed by atoms with Crippen LogP contribution in [0.4, 0.5) is 11.7 Å². The molecule has 100 valence electrons. The first kappa shape index (κ1) is 12.2. The van der Waals surface area contributed by atoms with Crippen molar-refractivity contribution in [3.8, 4) is 0 Å². The van der Waals surface area contributed by atoms with E-state index in [9.17, 15) is 5.11 Å². The maximum absolute atomic E-state index is 9.97. The molecule has 5 heteroatoms. The molecular formula is C14H17N3O2. The van der Waals surface area contributed by atoms with E-state index >= 15 is 0 Å². The van der Waals surface area contributed by atoms with Gasteiger partial charge in [-0.3, -0.25) is 0 Å². The molecule has 0 radical (unpaired) electrons. The standard InChI is InChI=1S/C14H17N3O2/c18-12-9-5-4-8-11(12)13-16-17-14(19-13)15-10-6-2-1-3-7-10/h1-3,6-7,11-12,18H,4-5,8-9H2,(H,15,17)/t11-,12-/m0/s1. The second-order valence-electron chi connectivity index (χ2n) is 4.89. The van der Waals surface area contributed by atoms with E-state index in [0.29, 0.717) is 11.9 Å². The van der Waals surface area contributed by atoms with E-state index in [1.807, 2.05) is 30.3 Å². The molecule has 19 heavy (non-hydrogen) atoms. The van der Waals surface area contributed by atoms with Gasteiger partial charge in [0.1, 0.15) is 0 Å². The number of rotatable bonds is 3. The minimum atomic E-state index is -0.362. The van der Waals surface area contributed by atoms with Crippen LogP contribution in [0, 0.1) is 0 Å². The molecule has 2 atom stereocenters. The third kappa shape index (κ3) is 2.76. The molecule has 1 aromatic carbocycles. The lowest BCUT2D eigenvalue weighted by atomic mass is 9.86. The average Bonchev–Trinajstić information content (AvgIpc) is 2.89. The Morgan fingerprint density at radius 1 is 1.11 bits per heavy atom. The summed E-state index contributed by atoms with van der Waals surface area (Å²) in [5.74, 6) is 0.512. The maximum atomic E-state index is 9.97. The van der Waals surface area contributed by atoms with Gasteiger partial charge >= 0.3 is 6.01 Å². The van der Waals surface area contributed by atoms with Gasteiger partial charge in [-0.2, -0.15) is 0 Å². The van der Waals surface area contributed by atoms with Gasteiger partial charge in [-0.15, -0.1) is 5.10 Å². The summed E-state index contributed by atoms with van der Waals surface area (Å²) in [6.45, 7) is 0. The van der Waals surface area contributed by atoms with E-state index in [2.05, 4.69) is 15.5 Å². The Bertz CT molecular complexity index is 526. The van der Waals surface area contributed by atoms with Crippen molar-refractivity contribution in [1.29, 1.82) is 0 Å². The Kier molecular flexibility index (Phi) is 3.46. The Balaban J connectivity index is 1.72. The number of aliphatic hydroxyl groups excluding tert-OH is 1. The summed E-state index contributed by atoms with van der Waals surface area (Å²) >= 11 is 0. The van der Waals surface area contributed by atoms with Crippen LogP contribution in [0.15, 0.2) is 34.7 Å². The topological polar surface area (TPSA) is 71.2 Å². The van der Waals surface area contributed by atoms with Crippen LogP contribution in [0.2, 0.25) is 0 Å². The van der Waals surface area contributed by atoms with Gasteiger partial charge in [0, 0.05) is 5.69 Å². The molecule has 0 saturated heterocycles. The predicted molar refractivity (Wildman–Crippen MR) is 71.2 cm³/mol. The Morgan fingerprint density at radius 2 is 1.89 bits per heavy atom. The lowest BCUT2D eigenvalue weighted by Gasteiger charge is -2.24. The predicted octanol–water partition coefficient (Wildman–Crippen LogP) is 2.83. The van der Waals surface area contributed by atoms with Crippen molar-refractivity contribution < 1.29 is 9.52 Å². The van der Waals surface area contributed by atoms with E-state index in [1.54, 1.807) is 0 Å². The number of nitrogens with zero attached hydrogens (tertiary/aromatic N) is 2. The number of aromatic nitrogens is 2. The molecular weight excluding hydrogens is 242 g/mol. The van der Waals surface area contributed by atoms with Crippen LogP contribution in [0.25, 0.3) is 0 Å². The van der Waals surface area contributed by atoms with Crippen LogP contribution in [0.3, 0.4) is 0 Å². The lowest BCUT2D eigenvalue weighted by molar-refractivity contribution is 0.0944. The van der Waals surface area contributed by atoms with Crippen molar-refractivity contribution in [3.63, 3.8) is 0 Å². The Hall–Kier alpha value is -1.88. The van der Waals surface area contributed by atoms with Gasteiger partial charge in [-0.1, -0.05) is 36.1 Å². The number of nitrogens with one attached hydrogen (secondary N) is 1. The van der Waals surface area contributed by atoms with Crippen LogP contribution in [0.1, 0.15) is 37.5 Å². The molecule has 1 heterocycles. The highest BCUT2D eigenvalue weighted by Gasteiger charge is 2.29. The summed E-state index contributed by atoms with van der Waals surface area (Å²) in [7, 11) is 0. The highest BCUT2D eigenvalue weighted by Crippen LogP contribution is 2.33. The van der Waals surface area contributed by atoms with Crippen molar-refractivity contribution in [2.75, 3.05) is 5.32 Å². The van der Waals surface area contributed by atoms with Crippen LogP contribution in [-0.2, 0) is 0 Å². The van der Waals surface area contributed by atoms with Crippen LogP contribution >= 0.6 is 0 Å². The van der Waals surface area contributed by atoms with E-state index in [1.165, 1.54) is 0 Å². The fourth-order valence-corrected chi connectivity index (χ4v) is 2.48. The van der Waals surface area contributed by atoms with Crippen LogP contribution in [0.5, 0.6) is 0 Å². The summed E-state index contributed by atoms with van der Waals surface area (Å²) < 4.78 is 5.60. The number of hydrogen-bond donors (Lipinski definition) is 2. The molecule has 0 bridgehead atoms. The number of benzene rings is 1. The van der Waals surface area contributed by atoms with Crippen molar-refractivity contribution >= 4 is 11.7 Å². The quantitative estimate of drug-likeness (QED) is 0.886. The number of anilines is 2. The molecule has 0 unspecified atom stereocenters. The van der Waals surface area contributed by atoms with E-state index in [4.69, 9.17) is 4.42 Å². The third-order valence-electron chi connectivity index (χ3n) is 3.51. The highest BCUT2D eigenvalue weighted by atomic mass is 16.4. The average molecular weight is 259 g/mol. The first-order valence-corrected chi connectivity index (χ1v) is 6.66. The van der Waals surface area contributed by atoms with Gasteiger partial charge in [0.2, 0.25) is 5.89 Å². The minimum absolute atomic E-state index is 0.0208. The summed E-state index contributed by atoms with van der Waals surface area (Å²) in [5.41, 5.74) is 0.905. The largest absolute Gasteiger partial charge is 0.407 e. The molecule has 5 nitrogen and oxygen atoms in total. The fraction of sp³-hybridized carbons (Fsp3) is 0.429. The first-order valence-electron chi connectivity index (χ1n) is 6.66. The zero-order valence-corrected chi connectivity index (χ0v) is 10.6. The van der Waals surface area contributed by atoms with Crippen LogP contribution < -0.4 is 5.32 Å². The van der Waals surface area contributed by atoms with Crippen molar-refractivity contribution in [1.82, 2.24) is 10.2 Å². The van der Waals surface area contributed by atoms with E-state index in [-0.39, 0.29) is 12.0 Å². The van der Waals surface area contributed by atoms with Crippen molar-refractivity contribution in [2.45, 2.75) is 37.7 Å². The fourth-order valence-electron chi connectivity index (χ4n) is 2.48. The molecule has 1 saturated carbocycles. The second kappa shape index (κ2) is 5.40. The third-order valence-corrected chi connectivity index (χ3v) is 3.51. The molecule has 2 N–H and O–H groups in total. The monoisotopic (exact) mass is 259 g/mol. The number of aliphatic hydroxyl groups is 1. The summed E-state index contributed by atoms with van der Waals surface area (Å²) in [6.07, 6.45) is 3.54. The van der Waals surface area contributed by atoms with Gasteiger partial charge in [0.05, 0.1) is 12.0 Å². The van der Waals surface area contributed by atoms with Gasteiger partial charge in [-0.25, -0.2) is 0 Å². The van der Waals surface area contributed by atoms with Crippen molar-refractivity contribution in [2.24, 2.45) is 0 Å². The van der Waals surface area contributed by atoms with Gasteiger partial charge in [-0.05, 0) is 25.0 Å². The van der Waals surface area contributed by atoms with Crippen molar-refractivity contribution in [3.05, 3.63) is 36.2 Å². The van der Waals surface area contributed by atoms with Crippen LogP contribution in [-0.4, -0.2) is 21.4 Å². The van der Waals surface area contributed by atoms with Gasteiger partial charge in [0.15, 0.2) is 0 Å². The Morgan fingerprint density at radius 3 is 2.68 bits per heavy atom. The lowest BCUT2D eigenvalue weighted by Crippen LogP contribution is -2.22. The summed E-state index contributed by atoms with van der Waals surface area (Å²) in [5, 5.41) is 21.1. The molecule has 0 spiro atoms. The molecule has 0 amide bonds. The smallest absolute Gasteiger partial charge is 0.320 e. The molecule has 2 aromatic rings. The zero-order chi connectivity index (χ0) is 13.1. The van der Waals surface area contributed by atoms with Gasteiger partial charge in [0.25, 0.3) is 0 Å². The number of para-hydroxylation sites is 1. The molecule has 0 aliphatic heterocycles. The molecule has 1 fully saturated rings. The maximum Gasteiger partial charge on any atom is 0.320 e. The zero-order valence-electron chi connectivity index (χ0n) is 10.6. The molecule has 3 rings (SSSR count). The second-order valence-corrected chi connectivity index (χ2v) is 4.89. The normalized spacial score (nSPS) is 23.2. The molecule has 1 aliphatic carbocycles. The molecule has 1 aliphatic rings. The number of hydrogen-bond acceptors (Lipinski definition) is 5. The van der Waals surface area contributed by atoms with E-state index < -0.39 is 0 Å². The summed E-state index contributed by atoms with van der Waals surface area (Å²) in [6, 6.07) is 10.1. The van der Waals surface area contributed by atoms with Gasteiger partial charge < -0.3 is 14.8 Å². The SMILES string of the molecule is O[C@H]1CCCC[C@@H]1c1nnc(Nc2ccccc2)o1. The first-order chi connectivity index (χ1) is 9.33. The summed E-state index contributed by atoms with van der Waals surface area (Å²) in [4.78, 5) is 0.